The number of rotatable bonds is 5. The second kappa shape index (κ2) is 6.58. The average Bonchev–Trinajstić information content (AvgIpc) is 3.03. The van der Waals surface area contributed by atoms with E-state index < -0.39 is 0 Å². The first-order chi connectivity index (χ1) is 13.5. The van der Waals surface area contributed by atoms with Gasteiger partial charge in [-0.3, -0.25) is 4.79 Å². The normalized spacial score (nSPS) is 41.4. The van der Waals surface area contributed by atoms with Gasteiger partial charge in [-0.1, -0.05) is 30.3 Å². The number of amides is 1. The molecule has 3 nitrogen and oxygen atoms in total. The smallest absolute Gasteiger partial charge is 0.227 e. The number of carbonyl (C=O) groups excluding carboxylic acids is 1. The van der Waals surface area contributed by atoms with Crippen LogP contribution in [0.4, 0.5) is 0 Å². The Kier molecular flexibility index (Phi) is 4.39. The van der Waals surface area contributed by atoms with Gasteiger partial charge in [-0.05, 0) is 86.5 Å². The van der Waals surface area contributed by atoms with Gasteiger partial charge >= 0.3 is 0 Å². The Hall–Kier alpha value is -1.35. The summed E-state index contributed by atoms with van der Waals surface area (Å²) in [4.78, 5) is 13.8. The Labute approximate surface area is 173 Å². The fraction of sp³-hybridized carbons (Fsp3) is 0.667. The molecular formula is C24H31ClN2O. The first-order valence-corrected chi connectivity index (χ1v) is 11.5. The highest BCUT2D eigenvalue weighted by Gasteiger charge is 2.74. The van der Waals surface area contributed by atoms with Crippen molar-refractivity contribution in [1.82, 2.24) is 5.32 Å². The molecule has 0 spiro atoms. The Bertz CT molecular complexity index is 785. The Morgan fingerprint density at radius 2 is 1.86 bits per heavy atom. The number of halogens is 1. The molecule has 0 aromatic heterocycles. The maximum absolute atomic E-state index is 13.8. The molecule has 150 valence electrons. The molecule has 5 aliphatic rings. The van der Waals surface area contributed by atoms with Crippen LogP contribution in [0.5, 0.6) is 0 Å². The van der Waals surface area contributed by atoms with Crippen LogP contribution in [0.1, 0.15) is 69.8 Å². The highest BCUT2D eigenvalue weighted by Crippen LogP contribution is 2.77. The van der Waals surface area contributed by atoms with E-state index in [0.29, 0.717) is 17.7 Å². The number of benzene rings is 1. The maximum Gasteiger partial charge on any atom is 0.227 e. The van der Waals surface area contributed by atoms with Crippen LogP contribution in [0, 0.1) is 22.2 Å². The molecule has 5 fully saturated rings. The number of hydrogen-bond acceptors (Lipinski definition) is 2. The van der Waals surface area contributed by atoms with Crippen LogP contribution in [-0.2, 0) is 10.2 Å². The van der Waals surface area contributed by atoms with E-state index in [-0.39, 0.29) is 22.3 Å². The van der Waals surface area contributed by atoms with Gasteiger partial charge in [0.15, 0.2) is 0 Å². The molecule has 1 aromatic rings. The summed E-state index contributed by atoms with van der Waals surface area (Å²) in [7, 11) is 0. The van der Waals surface area contributed by atoms with E-state index in [1.54, 1.807) is 0 Å². The molecule has 4 heteroatoms. The third-order valence-corrected chi connectivity index (χ3v) is 8.84. The van der Waals surface area contributed by atoms with Gasteiger partial charge in [0.2, 0.25) is 5.91 Å². The summed E-state index contributed by atoms with van der Waals surface area (Å²) in [5.41, 5.74) is 2.25. The summed E-state index contributed by atoms with van der Waals surface area (Å²) in [5, 5.41) is 11.3. The fourth-order valence-electron chi connectivity index (χ4n) is 7.73. The molecule has 2 N–H and O–H groups in total. The minimum absolute atomic E-state index is 0.0684. The van der Waals surface area contributed by atoms with Crippen molar-refractivity contribution in [3.05, 3.63) is 35.9 Å². The van der Waals surface area contributed by atoms with E-state index in [4.69, 9.17) is 17.0 Å². The van der Waals surface area contributed by atoms with Gasteiger partial charge < -0.3 is 10.7 Å². The predicted molar refractivity (Wildman–Crippen MR) is 113 cm³/mol. The third kappa shape index (κ3) is 2.61. The molecule has 6 rings (SSSR count). The van der Waals surface area contributed by atoms with Crippen molar-refractivity contribution in [2.24, 2.45) is 16.7 Å². The van der Waals surface area contributed by atoms with Crippen molar-refractivity contribution in [3.63, 3.8) is 0 Å². The molecule has 5 aliphatic carbocycles. The Balaban J connectivity index is 1.47. The standard InChI is InChI=1S/C24H31ClN2O/c25-11-10-23-13-17-12-22(15-23,18-4-2-1-3-5-18)16-24(23,14-17)21(28)27-20-8-6-19(26)7-9-20/h1-5,17,20,26H,6-16H2,(H,27,28)/t17?,20?,22-,23?,24?/m1/s1. The molecule has 1 aromatic carbocycles. The molecular weight excluding hydrogens is 368 g/mol. The minimum Gasteiger partial charge on any atom is -0.353 e. The van der Waals surface area contributed by atoms with Gasteiger partial charge in [0, 0.05) is 17.6 Å². The summed E-state index contributed by atoms with van der Waals surface area (Å²) < 4.78 is 0. The molecule has 5 saturated carbocycles. The molecule has 0 aliphatic heterocycles. The van der Waals surface area contributed by atoms with Crippen LogP contribution in [0.25, 0.3) is 0 Å². The molecule has 0 radical (unpaired) electrons. The van der Waals surface area contributed by atoms with E-state index in [1.807, 2.05) is 0 Å². The zero-order chi connectivity index (χ0) is 19.4. The third-order valence-electron chi connectivity index (χ3n) is 8.65. The number of carbonyl (C=O) groups is 1. The van der Waals surface area contributed by atoms with E-state index in [0.717, 1.165) is 57.1 Å². The largest absolute Gasteiger partial charge is 0.353 e. The summed E-state index contributed by atoms with van der Waals surface area (Å²) >= 11 is 6.32. The van der Waals surface area contributed by atoms with Crippen molar-refractivity contribution in [2.45, 2.75) is 75.7 Å². The summed E-state index contributed by atoms with van der Waals surface area (Å²) in [6.45, 7) is 0. The van der Waals surface area contributed by atoms with Gasteiger partial charge in [0.05, 0.1) is 5.41 Å². The fourth-order valence-corrected chi connectivity index (χ4v) is 8.09. The van der Waals surface area contributed by atoms with Crippen molar-refractivity contribution in [2.75, 3.05) is 5.88 Å². The average molecular weight is 399 g/mol. The molecule has 0 heterocycles. The second-order valence-corrected chi connectivity index (χ2v) is 10.5. The van der Waals surface area contributed by atoms with Crippen molar-refractivity contribution in [1.29, 1.82) is 5.41 Å². The molecule has 0 saturated heterocycles. The SMILES string of the molecule is N=C1CCC(NC(=O)C23CC4CC2(CCCl)C[C@](c2ccccc2)(C4)C3)CC1. The molecule has 3 unspecified atom stereocenters. The van der Waals surface area contributed by atoms with Gasteiger partial charge in [0.1, 0.15) is 0 Å². The van der Waals surface area contributed by atoms with E-state index >= 15 is 0 Å². The van der Waals surface area contributed by atoms with Crippen molar-refractivity contribution < 1.29 is 4.79 Å². The quantitative estimate of drug-likeness (QED) is 0.657. The lowest BCUT2D eigenvalue weighted by Gasteiger charge is -2.41. The van der Waals surface area contributed by atoms with E-state index in [2.05, 4.69) is 35.6 Å². The van der Waals surface area contributed by atoms with Crippen LogP contribution >= 0.6 is 11.6 Å². The highest BCUT2D eigenvalue weighted by molar-refractivity contribution is 6.17. The van der Waals surface area contributed by atoms with E-state index in [1.165, 1.54) is 18.4 Å². The van der Waals surface area contributed by atoms with Crippen LogP contribution in [0.3, 0.4) is 0 Å². The van der Waals surface area contributed by atoms with Gasteiger partial charge in [-0.15, -0.1) is 11.6 Å². The zero-order valence-corrected chi connectivity index (χ0v) is 17.4. The van der Waals surface area contributed by atoms with Crippen molar-refractivity contribution in [3.8, 4) is 0 Å². The lowest BCUT2D eigenvalue weighted by molar-refractivity contribution is -0.137. The monoisotopic (exact) mass is 398 g/mol. The number of nitrogens with one attached hydrogen (secondary N) is 2. The van der Waals surface area contributed by atoms with Crippen LogP contribution < -0.4 is 5.32 Å². The number of alkyl halides is 1. The predicted octanol–water partition coefficient (Wildman–Crippen LogP) is 5.21. The second-order valence-electron chi connectivity index (χ2n) is 10.1. The Morgan fingerprint density at radius 3 is 2.57 bits per heavy atom. The molecule has 4 bridgehead atoms. The zero-order valence-electron chi connectivity index (χ0n) is 16.6. The van der Waals surface area contributed by atoms with Crippen molar-refractivity contribution >= 4 is 23.2 Å². The minimum atomic E-state index is -0.244. The molecule has 1 amide bonds. The van der Waals surface area contributed by atoms with Gasteiger partial charge in [-0.2, -0.15) is 0 Å². The lowest BCUT2D eigenvalue weighted by Crippen LogP contribution is -2.51. The van der Waals surface area contributed by atoms with Crippen LogP contribution in [0.2, 0.25) is 0 Å². The summed E-state index contributed by atoms with van der Waals surface area (Å²) in [6, 6.07) is 11.2. The first kappa shape index (κ1) is 18.7. The lowest BCUT2D eigenvalue weighted by atomic mass is 9.63. The van der Waals surface area contributed by atoms with Gasteiger partial charge in [0.25, 0.3) is 0 Å². The molecule has 4 atom stereocenters. The topological polar surface area (TPSA) is 53.0 Å². The highest BCUT2D eigenvalue weighted by atomic mass is 35.5. The van der Waals surface area contributed by atoms with Gasteiger partial charge in [-0.25, -0.2) is 0 Å². The molecule has 28 heavy (non-hydrogen) atoms. The first-order valence-electron chi connectivity index (χ1n) is 11.0. The van der Waals surface area contributed by atoms with Crippen LogP contribution in [0.15, 0.2) is 30.3 Å². The maximum atomic E-state index is 13.8. The van der Waals surface area contributed by atoms with E-state index in [9.17, 15) is 4.79 Å². The van der Waals surface area contributed by atoms with Crippen LogP contribution in [-0.4, -0.2) is 23.5 Å². The Morgan fingerprint density at radius 1 is 1.11 bits per heavy atom. The summed E-state index contributed by atoms with van der Waals surface area (Å²) in [6.07, 6.45) is 10.1. The number of hydrogen-bond donors (Lipinski definition) is 2. The summed E-state index contributed by atoms with van der Waals surface area (Å²) in [5.74, 6) is 1.60.